The summed E-state index contributed by atoms with van der Waals surface area (Å²) in [7, 11) is 0. The van der Waals surface area contributed by atoms with Gasteiger partial charge < -0.3 is 19.9 Å². The molecule has 4 fully saturated rings. The summed E-state index contributed by atoms with van der Waals surface area (Å²) < 4.78 is 6.36. The van der Waals surface area contributed by atoms with Crippen molar-refractivity contribution in [2.75, 3.05) is 55.6 Å². The Labute approximate surface area is 347 Å². The van der Waals surface area contributed by atoms with Crippen molar-refractivity contribution < 1.29 is 28.7 Å². The van der Waals surface area contributed by atoms with E-state index < -0.39 is 29.7 Å². The second kappa shape index (κ2) is 16.6. The molecule has 9 rings (SSSR count). The van der Waals surface area contributed by atoms with Crippen molar-refractivity contribution in [3.63, 3.8) is 0 Å². The van der Waals surface area contributed by atoms with Crippen molar-refractivity contribution in [3.05, 3.63) is 89.0 Å². The third-order valence-electron chi connectivity index (χ3n) is 12.6. The molecule has 2 N–H and O–H groups in total. The number of nitrogens with one attached hydrogen (secondary N) is 2. The van der Waals surface area contributed by atoms with Crippen LogP contribution in [0.3, 0.4) is 0 Å². The molecule has 16 heteroatoms. The van der Waals surface area contributed by atoms with Gasteiger partial charge in [-0.25, -0.2) is 4.85 Å². The highest BCUT2D eigenvalue weighted by Gasteiger charge is 2.45. The minimum Gasteiger partial charge on any atom is -0.490 e. The van der Waals surface area contributed by atoms with Gasteiger partial charge in [0.2, 0.25) is 17.5 Å². The van der Waals surface area contributed by atoms with E-state index in [1.165, 1.54) is 0 Å². The molecule has 1 aliphatic carbocycles. The summed E-state index contributed by atoms with van der Waals surface area (Å²) in [5.74, 6) is -0.158. The molecular formula is C44H46N10O6. The zero-order valence-corrected chi connectivity index (χ0v) is 33.2. The second-order valence-corrected chi connectivity index (χ2v) is 16.3. The Morgan fingerprint density at radius 3 is 2.35 bits per heavy atom. The number of piperidine rings is 2. The SMILES string of the molecule is [C-]#[N+]c1ccc(OC2CCC(NC(=O)c3ccc(N4CCC(CN5CCN(c6ccc7c(c6)C(=O)N(C6CCC(=O)NC6=O)C7=O)CC5)CC4)nn3)CC2)c2cccnc12. The first-order chi connectivity index (χ1) is 29.2. The minimum absolute atomic E-state index is 0.0166. The summed E-state index contributed by atoms with van der Waals surface area (Å²) in [4.78, 5) is 79.6. The van der Waals surface area contributed by atoms with Crippen LogP contribution in [0, 0.1) is 12.5 Å². The number of amides is 5. The number of aromatic nitrogens is 3. The first-order valence-electron chi connectivity index (χ1n) is 20.9. The molecule has 2 aromatic heterocycles. The average Bonchev–Trinajstić information content (AvgIpc) is 3.52. The Kier molecular flexibility index (Phi) is 10.8. The number of carbonyl (C=O) groups is 5. The van der Waals surface area contributed by atoms with Crippen LogP contribution >= 0.6 is 0 Å². The Hall–Kier alpha value is -6.47. The number of ether oxygens (including phenoxy) is 1. The third kappa shape index (κ3) is 7.84. The van der Waals surface area contributed by atoms with Crippen LogP contribution in [0.25, 0.3) is 15.7 Å². The van der Waals surface area contributed by atoms with Crippen LogP contribution < -0.4 is 25.2 Å². The van der Waals surface area contributed by atoms with Gasteiger partial charge in [-0.1, -0.05) is 6.07 Å². The van der Waals surface area contributed by atoms with Crippen LogP contribution in [-0.4, -0.2) is 119 Å². The lowest BCUT2D eigenvalue weighted by atomic mass is 9.92. The molecule has 0 spiro atoms. The van der Waals surface area contributed by atoms with Crippen LogP contribution in [0.5, 0.6) is 5.75 Å². The van der Waals surface area contributed by atoms with E-state index in [4.69, 9.17) is 11.3 Å². The Bertz CT molecular complexity index is 2380. The van der Waals surface area contributed by atoms with Gasteiger partial charge in [-0.05, 0) is 99.4 Å². The van der Waals surface area contributed by atoms with Gasteiger partial charge >= 0.3 is 0 Å². The predicted molar refractivity (Wildman–Crippen MR) is 221 cm³/mol. The number of carbonyl (C=O) groups excluding carboxylic acids is 5. The molecule has 16 nitrogen and oxygen atoms in total. The Morgan fingerprint density at radius 1 is 0.833 bits per heavy atom. The summed E-state index contributed by atoms with van der Waals surface area (Å²) in [6.07, 6.45) is 7.15. The highest BCUT2D eigenvalue weighted by Crippen LogP contribution is 2.35. The smallest absolute Gasteiger partial charge is 0.272 e. The molecule has 1 unspecified atom stereocenters. The number of anilines is 2. The van der Waals surface area contributed by atoms with Gasteiger partial charge in [-0.3, -0.25) is 44.1 Å². The molecule has 3 saturated heterocycles. The number of fused-ring (bicyclic) bond motifs is 2. The van der Waals surface area contributed by atoms with E-state index >= 15 is 0 Å². The van der Waals surface area contributed by atoms with Crippen LogP contribution in [-0.2, 0) is 9.59 Å². The molecule has 308 valence electrons. The molecule has 6 heterocycles. The fourth-order valence-corrected chi connectivity index (χ4v) is 9.26. The van der Waals surface area contributed by atoms with Crippen LogP contribution in [0.2, 0.25) is 0 Å². The maximum atomic E-state index is 13.3. The first-order valence-corrected chi connectivity index (χ1v) is 20.9. The van der Waals surface area contributed by atoms with E-state index in [0.717, 1.165) is 112 Å². The van der Waals surface area contributed by atoms with Crippen LogP contribution in [0.15, 0.2) is 60.8 Å². The van der Waals surface area contributed by atoms with Crippen molar-refractivity contribution in [1.29, 1.82) is 0 Å². The molecule has 5 aliphatic rings. The van der Waals surface area contributed by atoms with E-state index in [1.54, 1.807) is 30.5 Å². The normalized spacial score (nSPS) is 22.7. The fraction of sp³-hybridized carbons (Fsp3) is 0.432. The third-order valence-corrected chi connectivity index (χ3v) is 12.6. The van der Waals surface area contributed by atoms with Crippen molar-refractivity contribution in [2.45, 2.75) is 69.6 Å². The Balaban J connectivity index is 0.701. The number of nitrogens with zero attached hydrogens (tertiary/aromatic N) is 8. The maximum absolute atomic E-state index is 13.3. The van der Waals surface area contributed by atoms with Crippen molar-refractivity contribution in [3.8, 4) is 5.75 Å². The van der Waals surface area contributed by atoms with Gasteiger partial charge in [0.05, 0.1) is 29.3 Å². The Morgan fingerprint density at radius 2 is 1.62 bits per heavy atom. The number of pyridine rings is 1. The molecule has 2 aromatic carbocycles. The highest BCUT2D eigenvalue weighted by atomic mass is 16.5. The van der Waals surface area contributed by atoms with Gasteiger partial charge in [0, 0.05) is 75.5 Å². The highest BCUT2D eigenvalue weighted by molar-refractivity contribution is 6.23. The summed E-state index contributed by atoms with van der Waals surface area (Å²) in [5, 5.41) is 15.0. The number of piperazine rings is 1. The zero-order chi connectivity index (χ0) is 41.3. The lowest BCUT2D eigenvalue weighted by Crippen LogP contribution is -2.54. The molecule has 1 saturated carbocycles. The summed E-state index contributed by atoms with van der Waals surface area (Å²) >= 11 is 0. The van der Waals surface area contributed by atoms with E-state index in [2.05, 4.69) is 45.4 Å². The van der Waals surface area contributed by atoms with E-state index in [0.29, 0.717) is 28.4 Å². The second-order valence-electron chi connectivity index (χ2n) is 16.3. The lowest BCUT2D eigenvalue weighted by Gasteiger charge is -2.39. The van der Waals surface area contributed by atoms with Crippen molar-refractivity contribution in [2.24, 2.45) is 5.92 Å². The topological polar surface area (TPSA) is 175 Å². The lowest BCUT2D eigenvalue weighted by molar-refractivity contribution is -0.136. The van der Waals surface area contributed by atoms with Gasteiger partial charge in [0.15, 0.2) is 11.5 Å². The molecule has 0 radical (unpaired) electrons. The summed E-state index contributed by atoms with van der Waals surface area (Å²) in [6.45, 7) is 13.5. The van der Waals surface area contributed by atoms with E-state index in [9.17, 15) is 24.0 Å². The van der Waals surface area contributed by atoms with E-state index in [1.807, 2.05) is 30.3 Å². The average molecular weight is 811 g/mol. The summed E-state index contributed by atoms with van der Waals surface area (Å²) in [6, 6.07) is 15.4. The van der Waals surface area contributed by atoms with Gasteiger partial charge in [0.1, 0.15) is 11.8 Å². The van der Waals surface area contributed by atoms with Crippen LogP contribution in [0.1, 0.15) is 82.6 Å². The number of imide groups is 2. The van der Waals surface area contributed by atoms with E-state index in [-0.39, 0.29) is 36.5 Å². The molecule has 0 bridgehead atoms. The zero-order valence-electron chi connectivity index (χ0n) is 33.2. The predicted octanol–water partition coefficient (Wildman–Crippen LogP) is 4.14. The molecule has 1 atom stereocenters. The largest absolute Gasteiger partial charge is 0.490 e. The number of hydrogen-bond donors (Lipinski definition) is 2. The summed E-state index contributed by atoms with van der Waals surface area (Å²) in [5.41, 5.74) is 2.92. The molecule has 60 heavy (non-hydrogen) atoms. The minimum atomic E-state index is -0.977. The maximum Gasteiger partial charge on any atom is 0.272 e. The molecule has 5 amide bonds. The van der Waals surface area contributed by atoms with Gasteiger partial charge in [-0.15, -0.1) is 10.2 Å². The molecular weight excluding hydrogens is 765 g/mol. The standard InChI is InChI=1S/C44H46N10O6/c1-45-34-10-13-37(32-3-2-18-46-40(32)34)60-30-7-4-28(5-8-30)47-41(56)35-11-14-38(50-49-35)53-19-16-27(17-20-53)26-51-21-23-52(24-22-51)29-6-9-31-33(25-29)44(59)54(43(31)58)36-12-15-39(55)48-42(36)57/h2-3,6,9-11,13-14,18,25,27-28,30,36H,4-5,7-8,12,15-17,19-24,26H2,(H,47,56)(H,48,55,57). The van der Waals surface area contributed by atoms with Crippen molar-refractivity contribution in [1.82, 2.24) is 35.6 Å². The van der Waals surface area contributed by atoms with Crippen molar-refractivity contribution >= 4 is 57.6 Å². The number of rotatable bonds is 9. The number of benzene rings is 2. The number of hydrogen-bond acceptors (Lipinski definition) is 12. The fourth-order valence-electron chi connectivity index (χ4n) is 9.26. The molecule has 4 aromatic rings. The molecule has 4 aliphatic heterocycles. The van der Waals surface area contributed by atoms with Gasteiger partial charge in [0.25, 0.3) is 17.7 Å². The quantitative estimate of drug-likeness (QED) is 0.183. The van der Waals surface area contributed by atoms with Crippen LogP contribution in [0.4, 0.5) is 17.2 Å². The monoisotopic (exact) mass is 810 g/mol. The van der Waals surface area contributed by atoms with Gasteiger partial charge in [-0.2, -0.15) is 0 Å². The first kappa shape index (κ1) is 39.0.